The number of nitrogens with zero attached hydrogens (tertiary/aromatic N) is 1. The van der Waals surface area contributed by atoms with Gasteiger partial charge in [-0.3, -0.25) is 4.79 Å². The van der Waals surface area contributed by atoms with E-state index in [-0.39, 0.29) is 5.91 Å². The minimum atomic E-state index is -0.221. The Bertz CT molecular complexity index is 541. The second-order valence-corrected chi connectivity index (χ2v) is 5.88. The molecule has 4 nitrogen and oxygen atoms in total. The number of hydrogen-bond acceptors (Lipinski definition) is 4. The fourth-order valence-electron chi connectivity index (χ4n) is 1.28. The van der Waals surface area contributed by atoms with Crippen molar-refractivity contribution in [2.24, 2.45) is 0 Å². The molecule has 0 saturated heterocycles. The van der Waals surface area contributed by atoms with Crippen molar-refractivity contribution >= 4 is 39.0 Å². The number of halogens is 1. The molecule has 0 spiro atoms. The largest absolute Gasteiger partial charge is 0.384 e. The van der Waals surface area contributed by atoms with Gasteiger partial charge in [-0.05, 0) is 40.2 Å². The third-order valence-electron chi connectivity index (χ3n) is 2.06. The van der Waals surface area contributed by atoms with Crippen molar-refractivity contribution < 1.29 is 4.79 Å². The average molecular weight is 312 g/mol. The van der Waals surface area contributed by atoms with Gasteiger partial charge >= 0.3 is 0 Å². The molecule has 2 aromatic heterocycles. The number of nitrogen functional groups attached to an aromatic ring is 1. The van der Waals surface area contributed by atoms with E-state index in [2.05, 4.69) is 26.2 Å². The topological polar surface area (TPSA) is 68.0 Å². The summed E-state index contributed by atoms with van der Waals surface area (Å²) in [7, 11) is 0. The lowest BCUT2D eigenvalue weighted by Gasteiger charge is -2.03. The van der Waals surface area contributed by atoms with Gasteiger partial charge in [0, 0.05) is 4.88 Å². The summed E-state index contributed by atoms with van der Waals surface area (Å²) in [5, 5.41) is 2.79. The van der Waals surface area contributed by atoms with E-state index < -0.39 is 0 Å². The summed E-state index contributed by atoms with van der Waals surface area (Å²) < 4.78 is 1.05. The highest BCUT2D eigenvalue weighted by Crippen LogP contribution is 2.21. The number of anilines is 1. The molecule has 0 saturated carbocycles. The highest BCUT2D eigenvalue weighted by Gasteiger charge is 2.07. The van der Waals surface area contributed by atoms with E-state index in [1.54, 1.807) is 29.5 Å². The SMILES string of the molecule is Nc1cccc(C(=O)NCc2ccc(Br)s2)n1. The Hall–Kier alpha value is -1.40. The van der Waals surface area contributed by atoms with Gasteiger partial charge in [-0.15, -0.1) is 11.3 Å². The highest BCUT2D eigenvalue weighted by molar-refractivity contribution is 9.11. The van der Waals surface area contributed by atoms with Crippen molar-refractivity contribution in [1.82, 2.24) is 10.3 Å². The second-order valence-electron chi connectivity index (χ2n) is 3.34. The molecule has 0 atom stereocenters. The number of aromatic nitrogens is 1. The molecule has 0 aliphatic carbocycles. The van der Waals surface area contributed by atoms with Gasteiger partial charge in [0.15, 0.2) is 0 Å². The Morgan fingerprint density at radius 3 is 2.88 bits per heavy atom. The molecule has 0 aliphatic heterocycles. The summed E-state index contributed by atoms with van der Waals surface area (Å²) in [4.78, 5) is 16.8. The van der Waals surface area contributed by atoms with Crippen LogP contribution in [0.25, 0.3) is 0 Å². The Morgan fingerprint density at radius 2 is 2.24 bits per heavy atom. The van der Waals surface area contributed by atoms with Gasteiger partial charge in [0.25, 0.3) is 5.91 Å². The molecule has 0 aromatic carbocycles. The van der Waals surface area contributed by atoms with Gasteiger partial charge in [-0.1, -0.05) is 6.07 Å². The van der Waals surface area contributed by atoms with E-state index in [0.717, 1.165) is 8.66 Å². The molecule has 2 aromatic rings. The van der Waals surface area contributed by atoms with E-state index in [1.807, 2.05) is 12.1 Å². The summed E-state index contributed by atoms with van der Waals surface area (Å²) in [5.41, 5.74) is 5.85. The lowest BCUT2D eigenvalue weighted by molar-refractivity contribution is 0.0946. The van der Waals surface area contributed by atoms with E-state index in [4.69, 9.17) is 5.73 Å². The lowest BCUT2D eigenvalue weighted by atomic mass is 10.3. The molecule has 0 fully saturated rings. The number of nitrogens with one attached hydrogen (secondary N) is 1. The van der Waals surface area contributed by atoms with E-state index >= 15 is 0 Å². The van der Waals surface area contributed by atoms with Crippen molar-refractivity contribution in [3.05, 3.63) is 44.7 Å². The first-order valence-electron chi connectivity index (χ1n) is 4.90. The van der Waals surface area contributed by atoms with Crippen molar-refractivity contribution in [3.63, 3.8) is 0 Å². The molecule has 17 heavy (non-hydrogen) atoms. The minimum Gasteiger partial charge on any atom is -0.384 e. The molecule has 88 valence electrons. The maximum Gasteiger partial charge on any atom is 0.270 e. The number of carbonyl (C=O) groups excluding carboxylic acids is 1. The Balaban J connectivity index is 1.98. The number of rotatable bonds is 3. The molecular weight excluding hydrogens is 302 g/mol. The highest BCUT2D eigenvalue weighted by atomic mass is 79.9. The molecule has 0 unspecified atom stereocenters. The van der Waals surface area contributed by atoms with Crippen LogP contribution in [0.3, 0.4) is 0 Å². The predicted octanol–water partition coefficient (Wildman–Crippen LogP) is 2.42. The number of carbonyl (C=O) groups is 1. The van der Waals surface area contributed by atoms with Gasteiger partial charge in [0.2, 0.25) is 0 Å². The zero-order valence-electron chi connectivity index (χ0n) is 8.81. The predicted molar refractivity (Wildman–Crippen MR) is 71.8 cm³/mol. The molecule has 0 radical (unpaired) electrons. The third-order valence-corrected chi connectivity index (χ3v) is 3.68. The van der Waals surface area contributed by atoms with Crippen LogP contribution in [0.4, 0.5) is 5.82 Å². The monoisotopic (exact) mass is 311 g/mol. The summed E-state index contributed by atoms with van der Waals surface area (Å²) in [6.45, 7) is 0.492. The lowest BCUT2D eigenvalue weighted by Crippen LogP contribution is -2.23. The maximum atomic E-state index is 11.7. The summed E-state index contributed by atoms with van der Waals surface area (Å²) in [5.74, 6) is 0.123. The smallest absolute Gasteiger partial charge is 0.270 e. The Labute approximate surface area is 111 Å². The fraction of sp³-hybridized carbons (Fsp3) is 0.0909. The average Bonchev–Trinajstić information content (AvgIpc) is 2.72. The first-order chi connectivity index (χ1) is 8.15. The quantitative estimate of drug-likeness (QED) is 0.914. The minimum absolute atomic E-state index is 0.221. The zero-order valence-corrected chi connectivity index (χ0v) is 11.2. The van der Waals surface area contributed by atoms with Crippen molar-refractivity contribution in [2.45, 2.75) is 6.54 Å². The molecular formula is C11H10BrN3OS. The van der Waals surface area contributed by atoms with E-state index in [9.17, 15) is 4.79 Å². The standard InChI is InChI=1S/C11H10BrN3OS/c12-9-5-4-7(17-9)6-14-11(16)8-2-1-3-10(13)15-8/h1-5H,6H2,(H2,13,15)(H,14,16). The number of nitrogens with two attached hydrogens (primary N) is 1. The van der Waals surface area contributed by atoms with Crippen molar-refractivity contribution in [2.75, 3.05) is 5.73 Å². The van der Waals surface area contributed by atoms with Crippen molar-refractivity contribution in [1.29, 1.82) is 0 Å². The molecule has 6 heteroatoms. The maximum absolute atomic E-state index is 11.7. The van der Waals surface area contributed by atoms with Gasteiger partial charge in [-0.2, -0.15) is 0 Å². The number of amides is 1. The van der Waals surface area contributed by atoms with E-state index in [0.29, 0.717) is 18.1 Å². The summed E-state index contributed by atoms with van der Waals surface area (Å²) >= 11 is 4.96. The molecule has 0 aliphatic rings. The van der Waals surface area contributed by atoms with Crippen LogP contribution in [-0.2, 0) is 6.54 Å². The molecule has 1 amide bonds. The van der Waals surface area contributed by atoms with Crippen LogP contribution < -0.4 is 11.1 Å². The summed E-state index contributed by atoms with van der Waals surface area (Å²) in [6, 6.07) is 8.90. The second kappa shape index (κ2) is 5.29. The van der Waals surface area contributed by atoms with Crippen molar-refractivity contribution in [3.8, 4) is 0 Å². The first kappa shape index (κ1) is 12.1. The zero-order chi connectivity index (χ0) is 12.3. The fourth-order valence-corrected chi connectivity index (χ4v) is 2.71. The van der Waals surface area contributed by atoms with Crippen LogP contribution in [0, 0.1) is 0 Å². The van der Waals surface area contributed by atoms with E-state index in [1.165, 1.54) is 0 Å². The van der Waals surface area contributed by atoms with Crippen LogP contribution in [0.15, 0.2) is 34.1 Å². The van der Waals surface area contributed by atoms with Crippen LogP contribution >= 0.6 is 27.3 Å². The molecule has 0 bridgehead atoms. The van der Waals surface area contributed by atoms with Crippen LogP contribution in [0.5, 0.6) is 0 Å². The third kappa shape index (κ3) is 3.28. The number of pyridine rings is 1. The van der Waals surface area contributed by atoms with Crippen LogP contribution in [0.2, 0.25) is 0 Å². The molecule has 3 N–H and O–H groups in total. The Morgan fingerprint density at radius 1 is 1.41 bits per heavy atom. The van der Waals surface area contributed by atoms with Crippen LogP contribution in [0.1, 0.15) is 15.4 Å². The summed E-state index contributed by atoms with van der Waals surface area (Å²) in [6.07, 6.45) is 0. The van der Waals surface area contributed by atoms with Gasteiger partial charge in [0.05, 0.1) is 10.3 Å². The van der Waals surface area contributed by atoms with Gasteiger partial charge in [-0.25, -0.2) is 4.98 Å². The number of thiophene rings is 1. The van der Waals surface area contributed by atoms with Gasteiger partial charge < -0.3 is 11.1 Å². The van der Waals surface area contributed by atoms with Gasteiger partial charge in [0.1, 0.15) is 11.5 Å². The van der Waals surface area contributed by atoms with Crippen LogP contribution in [-0.4, -0.2) is 10.9 Å². The molecule has 2 heterocycles. The number of hydrogen-bond donors (Lipinski definition) is 2. The molecule has 2 rings (SSSR count). The first-order valence-corrected chi connectivity index (χ1v) is 6.51. The normalized spacial score (nSPS) is 10.2. The Kier molecular flexibility index (Phi) is 3.75.